The zero-order chi connectivity index (χ0) is 99.1. The smallest absolute Gasteiger partial charge is 0.474 e. The van der Waals surface area contributed by atoms with E-state index in [1.807, 2.05) is 54.6 Å². The van der Waals surface area contributed by atoms with Gasteiger partial charge in [0.05, 0.1) is 75.5 Å². The fourth-order valence-electron chi connectivity index (χ4n) is 18.6. The van der Waals surface area contributed by atoms with Gasteiger partial charge >= 0.3 is 7.82 Å². The Morgan fingerprint density at radius 2 is 0.599 bits per heavy atom. The first-order valence-corrected chi connectivity index (χ1v) is 48.0. The Morgan fingerprint density at radius 1 is 0.336 bits per heavy atom. The molecule has 0 aliphatic carbocycles. The molecule has 9 N–H and O–H groups in total. The Balaban J connectivity index is 0.747. The Morgan fingerprint density at radius 3 is 0.847 bits per heavy atom. The highest BCUT2D eigenvalue weighted by molar-refractivity contribution is 7.48. The summed E-state index contributed by atoms with van der Waals surface area (Å²) in [4.78, 5) is 73.3. The first-order chi connectivity index (χ1) is 64.6. The zero-order valence-corrected chi connectivity index (χ0v) is 83.7. The second-order valence-electron chi connectivity index (χ2n) is 41.4. The monoisotopic (exact) mass is 1900 g/mol. The number of ether oxygens (including phenoxy) is 3. The van der Waals surface area contributed by atoms with E-state index < -0.39 is 41.9 Å². The molecule has 0 aliphatic heterocycles. The molecule has 6 aromatic carbocycles. The number of carbonyl (C=O) groups excluding carboxylic acids is 3. The quantitative estimate of drug-likeness (QED) is 0.0126. The van der Waals surface area contributed by atoms with Crippen molar-refractivity contribution in [2.24, 2.45) is 32.5 Å². The number of hydrogen-bond acceptors (Lipinski definition) is 25. The Labute approximate surface area is 801 Å². The van der Waals surface area contributed by atoms with Gasteiger partial charge in [0.1, 0.15) is 71.1 Å². The predicted molar refractivity (Wildman–Crippen MR) is 533 cm³/mol. The number of benzene rings is 6. The minimum atomic E-state index is -4.47. The standard InChI is InChI=1S/C102H135F3N21O10P/c1-94(2,3)100(19,95(4,5)6)124(40-25-46-131-76-34-37-79-82(61-76)106-64-109-91(79)115-85-55-73(118-121-85)58-88(127)112-70-31-22-28-67(103)52-70)43-49-134-137(130,135-50-44-125(101(20,96(7,8)9)97(10,11)12)41-26-47-132-77-35-38-80-83(62-77)107-65-110-92(80)116-86-56-74(119-122-86)59-89(128)113-71-32-23-29-68(104)53-71)136-51-45-126(102(21,98(13,14)15)99(16,17)18)42-27-48-133-78-36-39-81-84(63-78)108-66-111-93(81)117-87-57-75(120-123-87)60-90(129)114-72-33-24-30-69(105)54-72/h22-24,28-39,52-57,61-66H,25-27,40-51,58-60H2,1-21H3,(H,112,127)(H,113,128)(H,114,129)(H2,106,109,115,118,121)(H2,107,110,116,119,122)(H2,108,111,117,120,123). The maximum absolute atomic E-state index is 16.3. The van der Waals surface area contributed by atoms with E-state index >= 15 is 4.57 Å². The van der Waals surface area contributed by atoms with Gasteiger partial charge in [0, 0.05) is 143 Å². The molecule has 0 radical (unpaired) electrons. The van der Waals surface area contributed by atoms with Gasteiger partial charge in [-0.05, 0) is 164 Å². The van der Waals surface area contributed by atoms with Crippen molar-refractivity contribution < 1.29 is 59.9 Å². The van der Waals surface area contributed by atoms with Crippen LogP contribution in [0.1, 0.15) is 182 Å². The average molecular weight is 1900 g/mol. The molecular weight excluding hydrogens is 1770 g/mol. The highest BCUT2D eigenvalue weighted by Gasteiger charge is 2.54. The summed E-state index contributed by atoms with van der Waals surface area (Å²) >= 11 is 0. The molecule has 0 unspecified atom stereocenters. The van der Waals surface area contributed by atoms with Crippen molar-refractivity contribution in [1.29, 1.82) is 0 Å². The number of nitrogens with zero attached hydrogens (tertiary/aromatic N) is 12. The van der Waals surface area contributed by atoms with Crippen LogP contribution in [0.5, 0.6) is 17.2 Å². The Kier molecular flexibility index (Phi) is 33.2. The van der Waals surface area contributed by atoms with E-state index in [1.165, 1.54) is 73.6 Å². The van der Waals surface area contributed by atoms with Crippen molar-refractivity contribution in [2.45, 2.75) is 201 Å². The molecule has 35 heteroatoms. The van der Waals surface area contributed by atoms with Crippen LogP contribution >= 0.6 is 7.82 Å². The summed E-state index contributed by atoms with van der Waals surface area (Å²) in [6, 6.07) is 39.2. The number of amides is 3. The van der Waals surface area contributed by atoms with Gasteiger partial charge in [-0.3, -0.25) is 58.0 Å². The summed E-state index contributed by atoms with van der Waals surface area (Å²) in [5.74, 6) is 2.23. The number of H-pyrrole nitrogens is 3. The van der Waals surface area contributed by atoms with Crippen molar-refractivity contribution in [2.75, 3.05) is 111 Å². The third-order valence-electron chi connectivity index (χ3n) is 26.8. The molecule has 12 rings (SSSR count). The van der Waals surface area contributed by atoms with E-state index in [1.54, 1.807) is 36.4 Å². The van der Waals surface area contributed by atoms with Gasteiger partial charge in [-0.25, -0.2) is 47.6 Å². The third kappa shape index (κ3) is 26.5. The van der Waals surface area contributed by atoms with E-state index in [9.17, 15) is 27.6 Å². The van der Waals surface area contributed by atoms with Crippen molar-refractivity contribution in [1.82, 2.24) is 75.2 Å². The van der Waals surface area contributed by atoms with E-state index in [-0.39, 0.29) is 89.3 Å². The van der Waals surface area contributed by atoms with Gasteiger partial charge in [0.2, 0.25) is 17.7 Å². The fraction of sp³-hybridized carbons (Fsp3) is 0.471. The predicted octanol–water partition coefficient (Wildman–Crippen LogP) is 21.2. The highest BCUT2D eigenvalue weighted by Crippen LogP contribution is 2.54. The molecule has 6 heterocycles. The van der Waals surface area contributed by atoms with Crippen LogP contribution in [0.15, 0.2) is 165 Å². The van der Waals surface area contributed by atoms with Gasteiger partial charge < -0.3 is 46.1 Å². The van der Waals surface area contributed by atoms with Crippen molar-refractivity contribution in [3.05, 3.63) is 199 Å². The van der Waals surface area contributed by atoms with Gasteiger partial charge in [-0.15, -0.1) is 0 Å². The molecule has 0 aliphatic rings. The summed E-state index contributed by atoms with van der Waals surface area (Å²) < 4.78 is 98.0. The summed E-state index contributed by atoms with van der Waals surface area (Å²) in [5.41, 5.74) is 1.27. The summed E-state index contributed by atoms with van der Waals surface area (Å²) in [5, 5.41) is 41.9. The number of nitrogens with one attached hydrogen (secondary N) is 9. The molecule has 31 nitrogen and oxygen atoms in total. The number of carbonyl (C=O) groups is 3. The summed E-state index contributed by atoms with van der Waals surface area (Å²) in [6.07, 6.45) is 6.10. The Hall–Kier alpha value is -12.0. The number of anilines is 9. The van der Waals surface area contributed by atoms with Crippen molar-refractivity contribution >= 4 is 110 Å². The van der Waals surface area contributed by atoms with Gasteiger partial charge in [-0.2, -0.15) is 15.3 Å². The van der Waals surface area contributed by atoms with Crippen molar-refractivity contribution in [3.8, 4) is 17.2 Å². The van der Waals surface area contributed by atoms with Gasteiger partial charge in [-0.1, -0.05) is 143 Å². The molecule has 12 aromatic rings. The molecule has 6 aromatic heterocycles. The molecular formula is C102H135F3N21O10P. The van der Waals surface area contributed by atoms with Crippen LogP contribution in [0.4, 0.5) is 65.1 Å². The number of phosphoric acid groups is 1. The number of rotatable bonds is 45. The first-order valence-electron chi connectivity index (χ1n) is 46.6. The lowest BCUT2D eigenvalue weighted by Gasteiger charge is -2.58. The van der Waals surface area contributed by atoms with E-state index in [0.29, 0.717) is 197 Å². The SMILES string of the molecule is CC(C)(C)C(C)(N(CCCOc1ccc2c(Nc3cc(CC(=O)Nc4cccc(F)c4)[nH]n3)ncnc2c1)CCOP(=O)(OCCN(CCCOc1ccc2c(Nc3cc(CC(=O)Nc4cccc(F)c4)[nH]n3)ncnc2c1)C(C)(C(C)(C)C)C(C)(C)C)OCCN(CCCOc1ccc2c(Nc3cc(CC(=O)Nc4cccc(F)c4)[nH]n3)ncnc2c1)C(C)(C(C)(C)C)C(C)(C)C)C(C)(C)C. The van der Waals surface area contributed by atoms with Crippen LogP contribution in [-0.2, 0) is 51.8 Å². The number of aromatic nitrogens is 12. The molecule has 734 valence electrons. The first kappa shape index (κ1) is 104. The fourth-order valence-corrected chi connectivity index (χ4v) is 19.7. The summed E-state index contributed by atoms with van der Waals surface area (Å²) in [7, 11) is -4.47. The second kappa shape index (κ2) is 43.8. The molecule has 0 saturated heterocycles. The van der Waals surface area contributed by atoms with Crippen LogP contribution in [-0.4, -0.2) is 188 Å². The topological polar surface area (TPSA) is 369 Å². The molecule has 137 heavy (non-hydrogen) atoms. The molecule has 0 atom stereocenters. The van der Waals surface area contributed by atoms with Crippen LogP contribution < -0.4 is 46.1 Å². The number of aromatic amines is 3. The normalized spacial score (nSPS) is 12.9. The Bertz CT molecular complexity index is 5550. The largest absolute Gasteiger partial charge is 0.493 e. The maximum Gasteiger partial charge on any atom is 0.474 e. The third-order valence-corrected chi connectivity index (χ3v) is 28.3. The molecule has 0 bridgehead atoms. The lowest BCUT2D eigenvalue weighted by atomic mass is 9.60. The summed E-state index contributed by atoms with van der Waals surface area (Å²) in [6.45, 7) is 51.1. The minimum absolute atomic E-state index is 0.0177. The van der Waals surface area contributed by atoms with E-state index in [4.69, 9.17) is 27.8 Å². The van der Waals surface area contributed by atoms with E-state index in [2.05, 4.69) is 252 Å². The molecule has 0 fully saturated rings. The molecule has 0 spiro atoms. The lowest BCUT2D eigenvalue weighted by molar-refractivity contribution is -0.116. The van der Waals surface area contributed by atoms with E-state index in [0.717, 1.165) is 0 Å². The maximum atomic E-state index is 16.3. The lowest BCUT2D eigenvalue weighted by Crippen LogP contribution is -2.63. The number of fused-ring (bicyclic) bond motifs is 3. The van der Waals surface area contributed by atoms with Crippen LogP contribution in [0.25, 0.3) is 32.7 Å². The number of halogens is 3. The molecule has 0 saturated carbocycles. The number of hydrogen-bond donors (Lipinski definition) is 9. The minimum Gasteiger partial charge on any atom is -0.493 e. The van der Waals surface area contributed by atoms with Crippen LogP contribution in [0.3, 0.4) is 0 Å². The number of phosphoric ester groups is 1. The van der Waals surface area contributed by atoms with Gasteiger partial charge in [0.25, 0.3) is 0 Å². The highest BCUT2D eigenvalue weighted by atomic mass is 31.2. The van der Waals surface area contributed by atoms with Crippen LogP contribution in [0, 0.1) is 49.9 Å². The van der Waals surface area contributed by atoms with Gasteiger partial charge in [0.15, 0.2) is 17.5 Å². The second-order valence-corrected chi connectivity index (χ2v) is 43.0. The average Bonchev–Trinajstić information content (AvgIpc) is 1.56. The zero-order valence-electron chi connectivity index (χ0n) is 82.8. The van der Waals surface area contributed by atoms with Crippen molar-refractivity contribution in [3.63, 3.8) is 0 Å². The van der Waals surface area contributed by atoms with Crippen LogP contribution in [0.2, 0.25) is 0 Å². The molecule has 3 amide bonds.